The number of fused-ring (bicyclic) bond motifs is 1. The minimum atomic E-state index is 0.656. The van der Waals surface area contributed by atoms with Crippen molar-refractivity contribution in [3.63, 3.8) is 0 Å². The first-order valence-electron chi connectivity index (χ1n) is 14.6. The Morgan fingerprint density at radius 1 is 0.974 bits per heavy atom. The topological polar surface area (TPSA) is 46.0 Å². The van der Waals surface area contributed by atoms with Crippen LogP contribution >= 0.6 is 11.6 Å². The second-order valence-corrected chi connectivity index (χ2v) is 11.4. The molecule has 2 heterocycles. The summed E-state index contributed by atoms with van der Waals surface area (Å²) in [5.41, 5.74) is 4.68. The summed E-state index contributed by atoms with van der Waals surface area (Å²) in [6.45, 7) is 12.2. The standard InChI is InChI=1S/C31H44ClN5O2/c1-5-35(24-10-7-6-8-11-24)22-27-25-20-30(38-3)31(39-4)21-29(25)37(33-27)19-16-34-14-17-36(18-15-34)28-13-9-12-26(32)23(28)2/h9,12-13,20-21,24H,5-8,10-11,14-19,22H2,1-4H3. The highest BCUT2D eigenvalue weighted by atomic mass is 35.5. The normalized spacial score (nSPS) is 17.3. The highest BCUT2D eigenvalue weighted by Crippen LogP contribution is 2.35. The van der Waals surface area contributed by atoms with Crippen LogP contribution < -0.4 is 14.4 Å². The number of piperazine rings is 1. The molecule has 0 spiro atoms. The minimum absolute atomic E-state index is 0.656. The Morgan fingerprint density at radius 3 is 2.38 bits per heavy atom. The number of ether oxygens (including phenoxy) is 2. The van der Waals surface area contributed by atoms with Crippen LogP contribution in [0.4, 0.5) is 5.69 Å². The van der Waals surface area contributed by atoms with Crippen molar-refractivity contribution in [1.82, 2.24) is 19.6 Å². The van der Waals surface area contributed by atoms with Gasteiger partial charge in [0, 0.05) is 67.5 Å². The van der Waals surface area contributed by atoms with E-state index in [9.17, 15) is 0 Å². The van der Waals surface area contributed by atoms with E-state index in [1.165, 1.54) is 48.7 Å². The van der Waals surface area contributed by atoms with Crippen molar-refractivity contribution in [3.8, 4) is 11.5 Å². The van der Waals surface area contributed by atoms with Crippen molar-refractivity contribution >= 4 is 28.2 Å². The van der Waals surface area contributed by atoms with E-state index in [4.69, 9.17) is 26.2 Å². The van der Waals surface area contributed by atoms with Crippen molar-refractivity contribution in [2.75, 3.05) is 58.4 Å². The first-order chi connectivity index (χ1) is 19.0. The van der Waals surface area contributed by atoms with Gasteiger partial charge in [-0.2, -0.15) is 5.10 Å². The van der Waals surface area contributed by atoms with Gasteiger partial charge in [-0.1, -0.05) is 43.9 Å². The summed E-state index contributed by atoms with van der Waals surface area (Å²) in [6.07, 6.45) is 6.64. The molecule has 2 aliphatic rings. The van der Waals surface area contributed by atoms with E-state index in [-0.39, 0.29) is 0 Å². The SMILES string of the molecule is CCN(Cc1nn(CCN2CCN(c3cccc(Cl)c3C)CC2)c2cc(OC)c(OC)cc12)C1CCCCC1. The van der Waals surface area contributed by atoms with Crippen molar-refractivity contribution in [2.45, 2.75) is 65.1 Å². The highest BCUT2D eigenvalue weighted by Gasteiger charge is 2.24. The van der Waals surface area contributed by atoms with Gasteiger partial charge in [0.25, 0.3) is 0 Å². The van der Waals surface area contributed by atoms with Crippen LogP contribution in [0, 0.1) is 6.92 Å². The van der Waals surface area contributed by atoms with Gasteiger partial charge in [-0.05, 0) is 50.1 Å². The van der Waals surface area contributed by atoms with E-state index in [0.717, 1.165) is 80.1 Å². The van der Waals surface area contributed by atoms with Crippen molar-refractivity contribution in [3.05, 3.63) is 46.6 Å². The zero-order valence-electron chi connectivity index (χ0n) is 24.1. The molecule has 0 radical (unpaired) electrons. The van der Waals surface area contributed by atoms with Crippen molar-refractivity contribution < 1.29 is 9.47 Å². The Balaban J connectivity index is 1.32. The van der Waals surface area contributed by atoms with Crippen LogP contribution in [-0.2, 0) is 13.1 Å². The maximum atomic E-state index is 6.39. The molecule has 0 atom stereocenters. The van der Waals surface area contributed by atoms with Crippen LogP contribution in [0.1, 0.15) is 50.3 Å². The van der Waals surface area contributed by atoms with Crippen molar-refractivity contribution in [2.24, 2.45) is 0 Å². The molecule has 7 nitrogen and oxygen atoms in total. The Kier molecular flexibility index (Phi) is 9.21. The first-order valence-corrected chi connectivity index (χ1v) is 15.0. The van der Waals surface area contributed by atoms with Gasteiger partial charge in [-0.25, -0.2) is 0 Å². The third kappa shape index (κ3) is 6.16. The zero-order chi connectivity index (χ0) is 27.4. The second kappa shape index (κ2) is 12.8. The summed E-state index contributed by atoms with van der Waals surface area (Å²) >= 11 is 6.39. The van der Waals surface area contributed by atoms with E-state index in [0.29, 0.717) is 6.04 Å². The molecule has 1 aromatic heterocycles. The fourth-order valence-electron chi connectivity index (χ4n) is 6.38. The average Bonchev–Trinajstić information content (AvgIpc) is 3.32. The number of anilines is 1. The van der Waals surface area contributed by atoms with Crippen LogP contribution in [-0.4, -0.2) is 79.1 Å². The number of benzene rings is 2. The number of nitrogens with zero attached hydrogens (tertiary/aromatic N) is 5. The maximum absolute atomic E-state index is 6.39. The molecule has 39 heavy (non-hydrogen) atoms. The summed E-state index contributed by atoms with van der Waals surface area (Å²) < 4.78 is 13.5. The van der Waals surface area contributed by atoms with Crippen LogP contribution in [0.3, 0.4) is 0 Å². The lowest BCUT2D eigenvalue weighted by Gasteiger charge is -2.37. The number of methoxy groups -OCH3 is 2. The van der Waals surface area contributed by atoms with Crippen LogP contribution in [0.5, 0.6) is 11.5 Å². The number of halogens is 1. The van der Waals surface area contributed by atoms with Crippen LogP contribution in [0.15, 0.2) is 30.3 Å². The molecular weight excluding hydrogens is 510 g/mol. The fraction of sp³-hybridized carbons (Fsp3) is 0.581. The van der Waals surface area contributed by atoms with E-state index in [1.54, 1.807) is 14.2 Å². The molecule has 2 aromatic carbocycles. The largest absolute Gasteiger partial charge is 0.493 e. The third-order valence-electron chi connectivity index (χ3n) is 8.76. The van der Waals surface area contributed by atoms with Gasteiger partial charge in [0.1, 0.15) is 0 Å². The quantitative estimate of drug-likeness (QED) is 0.307. The number of aromatic nitrogens is 2. The Labute approximate surface area is 238 Å². The molecule has 1 saturated heterocycles. The summed E-state index contributed by atoms with van der Waals surface area (Å²) in [5.74, 6) is 1.52. The average molecular weight is 554 g/mol. The molecule has 0 bridgehead atoms. The van der Waals surface area contributed by atoms with E-state index in [1.807, 2.05) is 6.07 Å². The smallest absolute Gasteiger partial charge is 0.162 e. The summed E-state index contributed by atoms with van der Waals surface area (Å²) in [5, 5.41) is 7.21. The predicted molar refractivity (Wildman–Crippen MR) is 161 cm³/mol. The van der Waals surface area contributed by atoms with Gasteiger partial charge in [-0.15, -0.1) is 0 Å². The Bertz CT molecular complexity index is 1250. The van der Waals surface area contributed by atoms with E-state index >= 15 is 0 Å². The van der Waals surface area contributed by atoms with E-state index < -0.39 is 0 Å². The lowest BCUT2D eigenvalue weighted by molar-refractivity contribution is 0.154. The van der Waals surface area contributed by atoms with Crippen molar-refractivity contribution in [1.29, 1.82) is 0 Å². The molecule has 1 saturated carbocycles. The molecule has 5 rings (SSSR count). The van der Waals surface area contributed by atoms with Gasteiger partial charge in [-0.3, -0.25) is 14.5 Å². The number of hydrogen-bond donors (Lipinski definition) is 0. The number of hydrogen-bond acceptors (Lipinski definition) is 6. The molecular formula is C31H44ClN5O2. The third-order valence-corrected chi connectivity index (χ3v) is 9.17. The molecule has 8 heteroatoms. The van der Waals surface area contributed by atoms with Crippen LogP contribution in [0.2, 0.25) is 5.02 Å². The maximum Gasteiger partial charge on any atom is 0.162 e. The monoisotopic (exact) mass is 553 g/mol. The molecule has 1 aliphatic carbocycles. The highest BCUT2D eigenvalue weighted by molar-refractivity contribution is 6.31. The predicted octanol–water partition coefficient (Wildman–Crippen LogP) is 5.99. The molecule has 2 fully saturated rings. The van der Waals surface area contributed by atoms with Gasteiger partial charge >= 0.3 is 0 Å². The van der Waals surface area contributed by atoms with Gasteiger partial charge in [0.05, 0.1) is 32.0 Å². The first kappa shape index (κ1) is 28.1. The second-order valence-electron chi connectivity index (χ2n) is 11.0. The Hall–Kier alpha value is -2.48. The molecule has 0 N–H and O–H groups in total. The Morgan fingerprint density at radius 2 is 1.69 bits per heavy atom. The number of rotatable bonds is 10. The molecule has 3 aromatic rings. The summed E-state index contributed by atoms with van der Waals surface area (Å²) in [7, 11) is 3.41. The van der Waals surface area contributed by atoms with Gasteiger partial charge in [0.2, 0.25) is 0 Å². The lowest BCUT2D eigenvalue weighted by Crippen LogP contribution is -2.47. The van der Waals surface area contributed by atoms with Gasteiger partial charge in [0.15, 0.2) is 11.5 Å². The molecule has 212 valence electrons. The molecule has 0 amide bonds. The van der Waals surface area contributed by atoms with E-state index in [2.05, 4.69) is 57.5 Å². The fourth-order valence-corrected chi connectivity index (χ4v) is 6.55. The lowest BCUT2D eigenvalue weighted by atomic mass is 9.94. The summed E-state index contributed by atoms with van der Waals surface area (Å²) in [4.78, 5) is 7.63. The minimum Gasteiger partial charge on any atom is -0.493 e. The molecule has 1 aliphatic heterocycles. The molecule has 0 unspecified atom stereocenters. The van der Waals surface area contributed by atoms with Crippen LogP contribution in [0.25, 0.3) is 10.9 Å². The van der Waals surface area contributed by atoms with Gasteiger partial charge < -0.3 is 14.4 Å². The summed E-state index contributed by atoms with van der Waals surface area (Å²) in [6, 6.07) is 11.1. The zero-order valence-corrected chi connectivity index (χ0v) is 24.8.